The van der Waals surface area contributed by atoms with Crippen LogP contribution >= 0.6 is 23.1 Å². The molecule has 0 unspecified atom stereocenters. The molecule has 0 bridgehead atoms. The number of amides is 1. The number of hydrogen-bond acceptors (Lipinski definition) is 5. The van der Waals surface area contributed by atoms with Crippen molar-refractivity contribution in [2.24, 2.45) is 0 Å². The van der Waals surface area contributed by atoms with E-state index in [0.29, 0.717) is 6.54 Å². The minimum Gasteiger partial charge on any atom is -0.352 e. The maximum absolute atomic E-state index is 11.9. The van der Waals surface area contributed by atoms with Crippen LogP contribution in [0.15, 0.2) is 24.0 Å². The third-order valence-corrected chi connectivity index (χ3v) is 5.22. The maximum atomic E-state index is 11.9. The van der Waals surface area contributed by atoms with Gasteiger partial charge in [0.25, 0.3) is 0 Å². The van der Waals surface area contributed by atoms with Gasteiger partial charge in [0, 0.05) is 16.8 Å². The van der Waals surface area contributed by atoms with E-state index in [1.807, 2.05) is 6.92 Å². The van der Waals surface area contributed by atoms with Crippen molar-refractivity contribution in [1.82, 2.24) is 15.3 Å². The Labute approximate surface area is 126 Å². The molecule has 2 aromatic rings. The van der Waals surface area contributed by atoms with E-state index in [9.17, 15) is 4.79 Å². The van der Waals surface area contributed by atoms with Crippen LogP contribution in [0.1, 0.15) is 17.4 Å². The van der Waals surface area contributed by atoms with Crippen LogP contribution in [-0.2, 0) is 4.79 Å². The number of fused-ring (bicyclic) bond motifs is 1. The summed E-state index contributed by atoms with van der Waals surface area (Å²) in [6.07, 6.45) is 3.24. The number of rotatable bonds is 5. The summed E-state index contributed by atoms with van der Waals surface area (Å²) in [5.74, 6) is -0.00809. The van der Waals surface area contributed by atoms with Crippen molar-refractivity contribution in [2.75, 3.05) is 6.54 Å². The van der Waals surface area contributed by atoms with E-state index in [4.69, 9.17) is 0 Å². The molecule has 0 aliphatic heterocycles. The quantitative estimate of drug-likeness (QED) is 0.524. The van der Waals surface area contributed by atoms with E-state index in [2.05, 4.69) is 35.7 Å². The molecule has 6 heteroatoms. The first kappa shape index (κ1) is 15.0. The zero-order chi connectivity index (χ0) is 14.7. The van der Waals surface area contributed by atoms with Crippen molar-refractivity contribution in [1.29, 1.82) is 0 Å². The zero-order valence-corrected chi connectivity index (χ0v) is 13.4. The molecular formula is C14H17N3OS2. The molecule has 0 fully saturated rings. The number of aryl methyl sites for hydroxylation is 2. The minimum atomic E-state index is -0.201. The number of nitrogens with zero attached hydrogens (tertiary/aromatic N) is 2. The summed E-state index contributed by atoms with van der Waals surface area (Å²) in [5, 5.41) is 4.55. The first-order valence-corrected chi connectivity index (χ1v) is 8.00. The van der Waals surface area contributed by atoms with Crippen LogP contribution in [0.5, 0.6) is 0 Å². The zero-order valence-electron chi connectivity index (χ0n) is 11.8. The lowest BCUT2D eigenvalue weighted by molar-refractivity contribution is -0.120. The molecule has 0 aliphatic rings. The second-order valence-electron chi connectivity index (χ2n) is 4.44. The molecule has 0 radical (unpaired) electrons. The Kier molecular flexibility index (Phi) is 4.77. The Morgan fingerprint density at radius 1 is 1.55 bits per heavy atom. The predicted octanol–water partition coefficient (Wildman–Crippen LogP) is 3.09. The number of carbonyl (C=O) groups is 1. The monoisotopic (exact) mass is 307 g/mol. The summed E-state index contributed by atoms with van der Waals surface area (Å²) in [7, 11) is 0. The van der Waals surface area contributed by atoms with E-state index in [-0.39, 0.29) is 11.2 Å². The van der Waals surface area contributed by atoms with Crippen LogP contribution in [0.3, 0.4) is 0 Å². The highest BCUT2D eigenvalue weighted by Gasteiger charge is 2.18. The topological polar surface area (TPSA) is 54.9 Å². The number of hydrogen-bond donors (Lipinski definition) is 1. The van der Waals surface area contributed by atoms with Crippen LogP contribution in [0.4, 0.5) is 0 Å². The van der Waals surface area contributed by atoms with Gasteiger partial charge in [0.1, 0.15) is 16.2 Å². The van der Waals surface area contributed by atoms with Gasteiger partial charge in [-0.2, -0.15) is 0 Å². The van der Waals surface area contributed by atoms with Crippen molar-refractivity contribution in [2.45, 2.75) is 31.0 Å². The average Bonchev–Trinajstić information content (AvgIpc) is 2.72. The first-order valence-electron chi connectivity index (χ1n) is 6.30. The summed E-state index contributed by atoms with van der Waals surface area (Å²) in [5.41, 5.74) is 1.20. The minimum absolute atomic E-state index is 0.00809. The molecular weight excluding hydrogens is 290 g/mol. The maximum Gasteiger partial charge on any atom is 0.233 e. The molecule has 20 heavy (non-hydrogen) atoms. The van der Waals surface area contributed by atoms with Gasteiger partial charge in [-0.3, -0.25) is 4.79 Å². The van der Waals surface area contributed by atoms with E-state index in [1.165, 1.54) is 22.2 Å². The predicted molar refractivity (Wildman–Crippen MR) is 85.4 cm³/mol. The largest absolute Gasteiger partial charge is 0.352 e. The fourth-order valence-corrected chi connectivity index (χ4v) is 3.84. The lowest BCUT2D eigenvalue weighted by Gasteiger charge is -2.11. The van der Waals surface area contributed by atoms with Gasteiger partial charge < -0.3 is 5.32 Å². The Morgan fingerprint density at radius 2 is 2.30 bits per heavy atom. The average molecular weight is 307 g/mol. The number of nitrogens with one attached hydrogen (secondary N) is 1. The van der Waals surface area contributed by atoms with E-state index < -0.39 is 0 Å². The van der Waals surface area contributed by atoms with E-state index in [1.54, 1.807) is 23.7 Å². The molecule has 0 saturated heterocycles. The Hall–Kier alpha value is -1.40. The Morgan fingerprint density at radius 3 is 3.00 bits per heavy atom. The molecule has 1 amide bonds. The van der Waals surface area contributed by atoms with Gasteiger partial charge >= 0.3 is 0 Å². The fourth-order valence-electron chi connectivity index (χ4n) is 1.78. The van der Waals surface area contributed by atoms with Crippen LogP contribution < -0.4 is 5.32 Å². The van der Waals surface area contributed by atoms with Crippen molar-refractivity contribution < 1.29 is 4.79 Å². The summed E-state index contributed by atoms with van der Waals surface area (Å²) in [4.78, 5) is 22.8. The molecule has 0 spiro atoms. The number of aromatic nitrogens is 2. The molecule has 4 nitrogen and oxygen atoms in total. The molecule has 1 atom stereocenters. The highest BCUT2D eigenvalue weighted by molar-refractivity contribution is 8.00. The molecule has 106 valence electrons. The fraction of sp³-hybridized carbons (Fsp3) is 0.357. The van der Waals surface area contributed by atoms with Crippen LogP contribution in [0.2, 0.25) is 0 Å². The van der Waals surface area contributed by atoms with Gasteiger partial charge in [-0.15, -0.1) is 17.9 Å². The summed E-state index contributed by atoms with van der Waals surface area (Å²) >= 11 is 3.13. The summed E-state index contributed by atoms with van der Waals surface area (Å²) in [6, 6.07) is 0. The molecule has 1 N–H and O–H groups in total. The van der Waals surface area contributed by atoms with Gasteiger partial charge in [0.05, 0.1) is 5.25 Å². The van der Waals surface area contributed by atoms with Gasteiger partial charge in [-0.25, -0.2) is 9.97 Å². The standard InChI is InChI=1S/C14H17N3OS2/c1-5-6-15-12(18)10(4)20-14-11-8(2)9(3)19-13(11)16-7-17-14/h5,7,10H,1,6H2,2-4H3,(H,15,18)/t10-/m0/s1. The van der Waals surface area contributed by atoms with Crippen LogP contribution in [-0.4, -0.2) is 27.7 Å². The molecule has 2 aromatic heterocycles. The first-order chi connectivity index (χ1) is 9.54. The highest BCUT2D eigenvalue weighted by Crippen LogP contribution is 2.35. The molecule has 2 rings (SSSR count). The normalized spacial score (nSPS) is 12.3. The number of thioether (sulfide) groups is 1. The Bertz CT molecular complexity index is 651. The summed E-state index contributed by atoms with van der Waals surface area (Å²) in [6.45, 7) is 10.1. The number of thiophene rings is 1. The van der Waals surface area contributed by atoms with Gasteiger partial charge in [-0.1, -0.05) is 17.8 Å². The number of carbonyl (C=O) groups excluding carboxylic acids is 1. The third kappa shape index (κ3) is 3.02. The molecule has 0 aliphatic carbocycles. The van der Waals surface area contributed by atoms with Crippen LogP contribution in [0, 0.1) is 13.8 Å². The lowest BCUT2D eigenvalue weighted by Crippen LogP contribution is -2.30. The van der Waals surface area contributed by atoms with Crippen molar-refractivity contribution in [3.8, 4) is 0 Å². The van der Waals surface area contributed by atoms with E-state index in [0.717, 1.165) is 15.2 Å². The Balaban J connectivity index is 2.25. The van der Waals surface area contributed by atoms with Gasteiger partial charge in [0.2, 0.25) is 5.91 Å². The molecule has 0 saturated carbocycles. The van der Waals surface area contributed by atoms with E-state index >= 15 is 0 Å². The smallest absolute Gasteiger partial charge is 0.233 e. The SMILES string of the molecule is C=CCNC(=O)[C@H](C)Sc1ncnc2sc(C)c(C)c12. The molecule has 2 heterocycles. The van der Waals surface area contributed by atoms with Crippen molar-refractivity contribution in [3.63, 3.8) is 0 Å². The third-order valence-electron chi connectivity index (χ3n) is 3.01. The van der Waals surface area contributed by atoms with Crippen molar-refractivity contribution in [3.05, 3.63) is 29.4 Å². The second kappa shape index (κ2) is 6.37. The lowest BCUT2D eigenvalue weighted by atomic mass is 10.2. The van der Waals surface area contributed by atoms with Gasteiger partial charge in [0.15, 0.2) is 0 Å². The highest BCUT2D eigenvalue weighted by atomic mass is 32.2. The van der Waals surface area contributed by atoms with Crippen LogP contribution in [0.25, 0.3) is 10.2 Å². The molecule has 0 aromatic carbocycles. The second-order valence-corrected chi connectivity index (χ2v) is 6.97. The summed E-state index contributed by atoms with van der Waals surface area (Å²) < 4.78 is 0. The van der Waals surface area contributed by atoms with Crippen molar-refractivity contribution >= 4 is 39.2 Å². The van der Waals surface area contributed by atoms with Gasteiger partial charge in [-0.05, 0) is 26.3 Å².